The zero-order valence-electron chi connectivity index (χ0n) is 21.9. The quantitative estimate of drug-likeness (QED) is 0.370. The summed E-state index contributed by atoms with van der Waals surface area (Å²) < 4.78 is 53.9. The minimum atomic E-state index is -4.84. The van der Waals surface area contributed by atoms with E-state index >= 15 is 0 Å². The fourth-order valence-electron chi connectivity index (χ4n) is 5.03. The lowest BCUT2D eigenvalue weighted by atomic mass is 10.1. The third-order valence-corrected chi connectivity index (χ3v) is 7.07. The maximum atomic E-state index is 14.3. The first-order chi connectivity index (χ1) is 19.3. The fourth-order valence-corrected chi connectivity index (χ4v) is 5.03. The Balaban J connectivity index is 1.49. The molecule has 0 saturated carbocycles. The van der Waals surface area contributed by atoms with Gasteiger partial charge in [0.25, 0.3) is 5.91 Å². The fraction of sp³-hybridized carbons (Fsp3) is 0.321. The van der Waals surface area contributed by atoms with Gasteiger partial charge in [-0.3, -0.25) is 9.69 Å². The summed E-state index contributed by atoms with van der Waals surface area (Å²) in [5.74, 6) is -0.451. The molecule has 0 bridgehead atoms. The van der Waals surface area contributed by atoms with Crippen LogP contribution in [0.2, 0.25) is 0 Å². The Hall–Kier alpha value is -4.16. The van der Waals surface area contributed by atoms with Crippen LogP contribution in [0.1, 0.15) is 27.7 Å². The third kappa shape index (κ3) is 5.07. The van der Waals surface area contributed by atoms with E-state index in [4.69, 9.17) is 9.47 Å². The van der Waals surface area contributed by atoms with E-state index in [0.717, 1.165) is 18.9 Å². The van der Waals surface area contributed by atoms with E-state index in [9.17, 15) is 23.1 Å². The first kappa shape index (κ1) is 27.4. The van der Waals surface area contributed by atoms with Gasteiger partial charge < -0.3 is 19.5 Å². The maximum absolute atomic E-state index is 14.3. The first-order valence-electron chi connectivity index (χ1n) is 12.6. The van der Waals surface area contributed by atoms with E-state index in [1.165, 1.54) is 7.11 Å². The second kappa shape index (κ2) is 11.1. The minimum Gasteiger partial charge on any atom is -0.497 e. The van der Waals surface area contributed by atoms with Crippen LogP contribution in [0.5, 0.6) is 11.5 Å². The molecule has 3 heterocycles. The summed E-state index contributed by atoms with van der Waals surface area (Å²) in [6, 6.07) is 15.7. The minimum absolute atomic E-state index is 0.0434. The number of hydrogen-bond acceptors (Lipinski definition) is 7. The van der Waals surface area contributed by atoms with Crippen LogP contribution in [-0.2, 0) is 6.18 Å². The monoisotopic (exact) mass is 555 g/mol. The van der Waals surface area contributed by atoms with Crippen molar-refractivity contribution >= 4 is 11.6 Å². The molecule has 1 fully saturated rings. The highest BCUT2D eigenvalue weighted by molar-refractivity contribution is 6.00. The molecule has 9 nitrogen and oxygen atoms in total. The number of carbonyl (C=O) groups is 1. The predicted molar refractivity (Wildman–Crippen MR) is 140 cm³/mol. The lowest BCUT2D eigenvalue weighted by Gasteiger charge is -2.38. The van der Waals surface area contributed by atoms with Gasteiger partial charge in [0.15, 0.2) is 17.1 Å². The van der Waals surface area contributed by atoms with E-state index < -0.39 is 23.5 Å². The number of amides is 1. The van der Waals surface area contributed by atoms with Crippen LogP contribution in [0.4, 0.5) is 13.2 Å². The molecule has 210 valence electrons. The van der Waals surface area contributed by atoms with Crippen molar-refractivity contribution in [3.63, 3.8) is 0 Å². The zero-order valence-corrected chi connectivity index (χ0v) is 21.9. The lowest BCUT2D eigenvalue weighted by Crippen LogP contribution is -2.50. The van der Waals surface area contributed by atoms with Crippen LogP contribution in [0.15, 0.2) is 60.8 Å². The van der Waals surface area contributed by atoms with Gasteiger partial charge in [-0.05, 0) is 29.8 Å². The van der Waals surface area contributed by atoms with Crippen LogP contribution >= 0.6 is 0 Å². The highest BCUT2D eigenvalue weighted by Gasteiger charge is 2.41. The molecule has 0 aliphatic carbocycles. The normalized spacial score (nSPS) is 15.3. The number of aliphatic hydroxyl groups excluding tert-OH is 1. The van der Waals surface area contributed by atoms with Crippen LogP contribution in [0, 0.1) is 0 Å². The Labute approximate surface area is 228 Å². The number of carbonyl (C=O) groups excluding carboxylic acids is 1. The van der Waals surface area contributed by atoms with Crippen molar-refractivity contribution < 1.29 is 32.5 Å². The second-order valence-electron chi connectivity index (χ2n) is 9.30. The van der Waals surface area contributed by atoms with Crippen molar-refractivity contribution in [3.05, 3.63) is 77.6 Å². The SMILES string of the molecule is COc1ccc(-c2nc3c(C(=O)N4CCN([C@@H](CO)c5ccccc5)CC4)cnn3c(C(F)(F)F)c2OC)cc1. The smallest absolute Gasteiger partial charge is 0.437 e. The third-order valence-electron chi connectivity index (χ3n) is 7.07. The number of rotatable bonds is 7. The summed E-state index contributed by atoms with van der Waals surface area (Å²) in [7, 11) is 2.62. The lowest BCUT2D eigenvalue weighted by molar-refractivity contribution is -0.143. The first-order valence-corrected chi connectivity index (χ1v) is 12.6. The van der Waals surface area contributed by atoms with Crippen molar-refractivity contribution in [2.45, 2.75) is 12.2 Å². The molecule has 5 rings (SSSR count). The van der Waals surface area contributed by atoms with E-state index in [0.29, 0.717) is 42.0 Å². The van der Waals surface area contributed by atoms with Crippen LogP contribution < -0.4 is 9.47 Å². The standard InChI is InChI=1S/C28H28F3N5O4/c1-39-20-10-8-19(9-11-20)23-24(40-2)25(28(29,30)31)36-26(33-23)21(16-32-36)27(38)35-14-12-34(13-15-35)22(17-37)18-6-4-3-5-7-18/h3-11,16,22,37H,12-15,17H2,1-2H3/t22-/m0/s1. The van der Waals surface area contributed by atoms with Crippen molar-refractivity contribution in [1.82, 2.24) is 24.4 Å². The molecule has 1 saturated heterocycles. The van der Waals surface area contributed by atoms with Gasteiger partial charge in [-0.15, -0.1) is 0 Å². The van der Waals surface area contributed by atoms with Gasteiger partial charge in [0.1, 0.15) is 17.0 Å². The zero-order chi connectivity index (χ0) is 28.4. The van der Waals surface area contributed by atoms with E-state index in [1.807, 2.05) is 30.3 Å². The van der Waals surface area contributed by atoms with Gasteiger partial charge in [-0.1, -0.05) is 30.3 Å². The molecule has 1 N–H and O–H groups in total. The molecule has 2 aromatic heterocycles. The van der Waals surface area contributed by atoms with Crippen molar-refractivity contribution in [1.29, 1.82) is 0 Å². The van der Waals surface area contributed by atoms with E-state index in [2.05, 4.69) is 15.0 Å². The van der Waals surface area contributed by atoms with Crippen molar-refractivity contribution in [3.8, 4) is 22.8 Å². The van der Waals surface area contributed by atoms with Gasteiger partial charge in [0, 0.05) is 31.7 Å². The molecule has 1 aliphatic rings. The number of hydrogen-bond donors (Lipinski definition) is 1. The number of methoxy groups -OCH3 is 2. The van der Waals surface area contributed by atoms with E-state index in [1.54, 1.807) is 29.2 Å². The molecular weight excluding hydrogens is 527 g/mol. The highest BCUT2D eigenvalue weighted by atomic mass is 19.4. The van der Waals surface area contributed by atoms with Crippen molar-refractivity contribution in [2.75, 3.05) is 47.0 Å². The largest absolute Gasteiger partial charge is 0.497 e. The number of benzene rings is 2. The summed E-state index contributed by atoms with van der Waals surface area (Å²) >= 11 is 0. The molecule has 40 heavy (non-hydrogen) atoms. The van der Waals surface area contributed by atoms with Crippen LogP contribution in [0.25, 0.3) is 16.9 Å². The number of alkyl halides is 3. The number of nitrogens with zero attached hydrogens (tertiary/aromatic N) is 5. The van der Waals surface area contributed by atoms with Crippen molar-refractivity contribution in [2.24, 2.45) is 0 Å². The predicted octanol–water partition coefficient (Wildman–Crippen LogP) is 3.92. The molecule has 0 radical (unpaired) electrons. The summed E-state index contributed by atoms with van der Waals surface area (Å²) in [6.45, 7) is 1.54. The molecule has 12 heteroatoms. The number of ether oxygens (including phenoxy) is 2. The number of aliphatic hydroxyl groups is 1. The molecular formula is C28H28F3N5O4. The summed E-state index contributed by atoms with van der Waals surface area (Å²) in [5, 5.41) is 13.9. The summed E-state index contributed by atoms with van der Waals surface area (Å²) in [4.78, 5) is 21.7. The Morgan fingerprint density at radius 2 is 1.68 bits per heavy atom. The summed E-state index contributed by atoms with van der Waals surface area (Å²) in [6.07, 6.45) is -3.73. The molecule has 0 spiro atoms. The number of halogens is 3. The second-order valence-corrected chi connectivity index (χ2v) is 9.30. The molecule has 4 aromatic rings. The average Bonchev–Trinajstić information content (AvgIpc) is 3.40. The van der Waals surface area contributed by atoms with Crippen LogP contribution in [0.3, 0.4) is 0 Å². The highest BCUT2D eigenvalue weighted by Crippen LogP contribution is 2.42. The Morgan fingerprint density at radius 3 is 2.25 bits per heavy atom. The molecule has 2 aromatic carbocycles. The van der Waals surface area contributed by atoms with Gasteiger partial charge in [-0.2, -0.15) is 18.3 Å². The average molecular weight is 556 g/mol. The molecule has 1 atom stereocenters. The number of piperazine rings is 1. The van der Waals surface area contributed by atoms with Crippen LogP contribution in [-0.4, -0.2) is 82.4 Å². The Bertz CT molecular complexity index is 1480. The number of fused-ring (bicyclic) bond motifs is 1. The molecule has 0 unspecified atom stereocenters. The Morgan fingerprint density at radius 1 is 1.00 bits per heavy atom. The van der Waals surface area contributed by atoms with Gasteiger partial charge >= 0.3 is 6.18 Å². The topological polar surface area (TPSA) is 92.4 Å². The Kier molecular flexibility index (Phi) is 7.63. The molecule has 1 amide bonds. The number of aromatic nitrogens is 3. The maximum Gasteiger partial charge on any atom is 0.437 e. The van der Waals surface area contributed by atoms with Gasteiger partial charge in [0.2, 0.25) is 0 Å². The van der Waals surface area contributed by atoms with Gasteiger partial charge in [-0.25, -0.2) is 9.50 Å². The molecule has 1 aliphatic heterocycles. The van der Waals surface area contributed by atoms with Gasteiger partial charge in [0.05, 0.1) is 33.1 Å². The van der Waals surface area contributed by atoms with E-state index in [-0.39, 0.29) is 29.6 Å². The summed E-state index contributed by atoms with van der Waals surface area (Å²) in [5.41, 5.74) is -0.172.